The standard InChI is InChI=1S/C11H12ClF3N4S/c12-8-7-9(17-6-16-7)19-10(18-8)20-2-1-11(3-13,4-14)5-15/h6H,1-5H2,(H,16,17,18,19). The van der Waals surface area contributed by atoms with E-state index in [0.29, 0.717) is 22.1 Å². The number of aromatic nitrogens is 4. The molecule has 0 atom stereocenters. The zero-order valence-corrected chi connectivity index (χ0v) is 11.9. The molecule has 4 nitrogen and oxygen atoms in total. The van der Waals surface area contributed by atoms with E-state index >= 15 is 0 Å². The number of hydrogen-bond donors (Lipinski definition) is 1. The lowest BCUT2D eigenvalue weighted by Crippen LogP contribution is -2.29. The van der Waals surface area contributed by atoms with E-state index in [9.17, 15) is 13.2 Å². The molecular formula is C11H12ClF3N4S. The average molecular weight is 325 g/mol. The van der Waals surface area contributed by atoms with Gasteiger partial charge in [-0.15, -0.1) is 0 Å². The molecule has 0 saturated carbocycles. The van der Waals surface area contributed by atoms with Crippen LogP contribution in [0, 0.1) is 5.41 Å². The molecule has 0 spiro atoms. The molecule has 2 rings (SSSR count). The molecule has 9 heteroatoms. The molecule has 2 aromatic rings. The number of hydrogen-bond acceptors (Lipinski definition) is 4. The number of alkyl halides is 3. The minimum absolute atomic E-state index is 0.0563. The van der Waals surface area contributed by atoms with E-state index in [-0.39, 0.29) is 11.6 Å². The van der Waals surface area contributed by atoms with Gasteiger partial charge >= 0.3 is 0 Å². The van der Waals surface area contributed by atoms with Gasteiger partial charge in [0.2, 0.25) is 0 Å². The van der Waals surface area contributed by atoms with Crippen LogP contribution in [0.3, 0.4) is 0 Å². The van der Waals surface area contributed by atoms with E-state index in [4.69, 9.17) is 11.6 Å². The molecule has 110 valence electrons. The first kappa shape index (κ1) is 15.4. The number of thioether (sulfide) groups is 1. The van der Waals surface area contributed by atoms with Gasteiger partial charge in [0.25, 0.3) is 0 Å². The average Bonchev–Trinajstić information content (AvgIpc) is 2.93. The van der Waals surface area contributed by atoms with Crippen LogP contribution in [0.5, 0.6) is 0 Å². The van der Waals surface area contributed by atoms with Crippen molar-refractivity contribution in [2.24, 2.45) is 5.41 Å². The van der Waals surface area contributed by atoms with Gasteiger partial charge in [-0.2, -0.15) is 0 Å². The molecule has 20 heavy (non-hydrogen) atoms. The topological polar surface area (TPSA) is 54.5 Å². The Bertz CT molecular complexity index is 568. The van der Waals surface area contributed by atoms with Gasteiger partial charge in [-0.05, 0) is 6.42 Å². The summed E-state index contributed by atoms with van der Waals surface area (Å²) in [6.07, 6.45) is 1.50. The van der Waals surface area contributed by atoms with Gasteiger partial charge in [0.15, 0.2) is 16.0 Å². The number of aromatic amines is 1. The quantitative estimate of drug-likeness (QED) is 0.482. The maximum absolute atomic E-state index is 12.7. The van der Waals surface area contributed by atoms with Crippen molar-refractivity contribution in [3.05, 3.63) is 11.5 Å². The predicted octanol–water partition coefficient (Wildman–Crippen LogP) is 3.38. The van der Waals surface area contributed by atoms with E-state index in [0.717, 1.165) is 0 Å². The minimum atomic E-state index is -1.55. The van der Waals surface area contributed by atoms with E-state index in [1.165, 1.54) is 18.1 Å². The van der Waals surface area contributed by atoms with Crippen molar-refractivity contribution in [3.63, 3.8) is 0 Å². The Morgan fingerprint density at radius 2 is 1.90 bits per heavy atom. The lowest BCUT2D eigenvalue weighted by Gasteiger charge is -2.23. The van der Waals surface area contributed by atoms with Crippen molar-refractivity contribution in [2.75, 3.05) is 25.8 Å². The molecule has 0 radical (unpaired) electrons. The fraction of sp³-hybridized carbons (Fsp3) is 0.545. The highest BCUT2D eigenvalue weighted by Gasteiger charge is 2.30. The van der Waals surface area contributed by atoms with Gasteiger partial charge < -0.3 is 4.98 Å². The number of halogens is 4. The largest absolute Gasteiger partial charge is 0.341 e. The van der Waals surface area contributed by atoms with Gasteiger partial charge in [0, 0.05) is 5.75 Å². The molecule has 0 aliphatic heterocycles. The summed E-state index contributed by atoms with van der Waals surface area (Å²) < 4.78 is 38.1. The summed E-state index contributed by atoms with van der Waals surface area (Å²) in [6, 6.07) is 0. The van der Waals surface area contributed by atoms with Gasteiger partial charge in [-0.1, -0.05) is 23.4 Å². The first-order valence-corrected chi connectivity index (χ1v) is 7.18. The van der Waals surface area contributed by atoms with Crippen molar-refractivity contribution in [3.8, 4) is 0 Å². The third kappa shape index (κ3) is 3.17. The van der Waals surface area contributed by atoms with Crippen LogP contribution < -0.4 is 0 Å². The second-order valence-electron chi connectivity index (χ2n) is 4.40. The summed E-state index contributed by atoms with van der Waals surface area (Å²) in [5.74, 6) is 0.296. The van der Waals surface area contributed by atoms with Crippen LogP contribution >= 0.6 is 23.4 Å². The van der Waals surface area contributed by atoms with Crippen LogP contribution in [-0.4, -0.2) is 45.7 Å². The normalized spacial score (nSPS) is 12.2. The molecule has 2 aromatic heterocycles. The highest BCUT2D eigenvalue weighted by atomic mass is 35.5. The van der Waals surface area contributed by atoms with Crippen molar-refractivity contribution in [1.29, 1.82) is 0 Å². The molecule has 0 amide bonds. The lowest BCUT2D eigenvalue weighted by atomic mass is 9.90. The van der Waals surface area contributed by atoms with Crippen molar-refractivity contribution < 1.29 is 13.2 Å². The van der Waals surface area contributed by atoms with Crippen molar-refractivity contribution >= 4 is 34.5 Å². The third-order valence-corrected chi connectivity index (χ3v) is 4.06. The molecule has 0 bridgehead atoms. The van der Waals surface area contributed by atoms with Crippen molar-refractivity contribution in [1.82, 2.24) is 19.9 Å². The fourth-order valence-corrected chi connectivity index (χ4v) is 2.80. The number of fused-ring (bicyclic) bond motifs is 1. The van der Waals surface area contributed by atoms with Crippen LogP contribution in [0.1, 0.15) is 6.42 Å². The predicted molar refractivity (Wildman–Crippen MR) is 72.4 cm³/mol. The summed E-state index contributed by atoms with van der Waals surface area (Å²) in [6.45, 7) is -3.08. The van der Waals surface area contributed by atoms with Crippen LogP contribution in [0.15, 0.2) is 11.5 Å². The summed E-state index contributed by atoms with van der Waals surface area (Å²) in [4.78, 5) is 14.9. The minimum Gasteiger partial charge on any atom is -0.341 e. The van der Waals surface area contributed by atoms with E-state index in [2.05, 4.69) is 19.9 Å². The van der Waals surface area contributed by atoms with Gasteiger partial charge in [0.05, 0.1) is 11.7 Å². The fourth-order valence-electron chi connectivity index (χ4n) is 1.51. The first-order chi connectivity index (χ1) is 9.64. The van der Waals surface area contributed by atoms with Crippen LogP contribution in [0.25, 0.3) is 11.2 Å². The molecule has 0 unspecified atom stereocenters. The van der Waals surface area contributed by atoms with Crippen LogP contribution in [0.4, 0.5) is 13.2 Å². The summed E-state index contributed by atoms with van der Waals surface area (Å²) in [5.41, 5.74) is -0.602. The van der Waals surface area contributed by atoms with Gasteiger partial charge in [0.1, 0.15) is 25.5 Å². The lowest BCUT2D eigenvalue weighted by molar-refractivity contribution is 0.109. The monoisotopic (exact) mass is 324 g/mol. The Hall–Kier alpha value is -1.02. The highest BCUT2D eigenvalue weighted by Crippen LogP contribution is 2.29. The Morgan fingerprint density at radius 1 is 1.20 bits per heavy atom. The Labute approximate surface area is 122 Å². The number of nitrogens with zero attached hydrogens (tertiary/aromatic N) is 3. The SMILES string of the molecule is FCC(CF)(CF)CCSc1nc(Cl)c2[nH]cnc2n1. The molecule has 2 heterocycles. The third-order valence-electron chi connectivity index (χ3n) is 2.93. The zero-order chi connectivity index (χ0) is 14.6. The maximum Gasteiger partial charge on any atom is 0.191 e. The summed E-state index contributed by atoms with van der Waals surface area (Å²) >= 11 is 7.10. The number of imidazole rings is 1. The van der Waals surface area contributed by atoms with Crippen molar-refractivity contribution in [2.45, 2.75) is 11.6 Å². The summed E-state index contributed by atoms with van der Waals surface area (Å²) in [7, 11) is 0. The molecule has 1 N–H and O–H groups in total. The van der Waals surface area contributed by atoms with E-state index < -0.39 is 25.4 Å². The molecule has 0 saturated heterocycles. The molecule has 0 aliphatic rings. The Balaban J connectivity index is 2.02. The molecule has 0 fully saturated rings. The smallest absolute Gasteiger partial charge is 0.191 e. The van der Waals surface area contributed by atoms with E-state index in [1.54, 1.807) is 0 Å². The highest BCUT2D eigenvalue weighted by molar-refractivity contribution is 7.99. The van der Waals surface area contributed by atoms with E-state index in [1.807, 2.05) is 0 Å². The first-order valence-electron chi connectivity index (χ1n) is 5.81. The van der Waals surface area contributed by atoms with Gasteiger partial charge in [-0.25, -0.2) is 15.0 Å². The molecule has 0 aromatic carbocycles. The number of rotatable bonds is 7. The van der Waals surface area contributed by atoms with Crippen LogP contribution in [0.2, 0.25) is 5.15 Å². The second kappa shape index (κ2) is 6.62. The van der Waals surface area contributed by atoms with Gasteiger partial charge in [-0.3, -0.25) is 13.2 Å². The summed E-state index contributed by atoms with van der Waals surface area (Å²) in [5, 5.41) is 0.572. The molecule has 0 aliphatic carbocycles. The second-order valence-corrected chi connectivity index (χ2v) is 5.82. The Kier molecular flexibility index (Phi) is 5.09. The Morgan fingerprint density at radius 3 is 2.55 bits per heavy atom. The maximum atomic E-state index is 12.7. The number of nitrogens with one attached hydrogen (secondary N) is 1. The van der Waals surface area contributed by atoms with Crippen LogP contribution in [-0.2, 0) is 0 Å². The zero-order valence-electron chi connectivity index (χ0n) is 10.4. The number of H-pyrrole nitrogens is 1. The molecular weight excluding hydrogens is 313 g/mol.